The van der Waals surface area contributed by atoms with Crippen molar-refractivity contribution in [2.24, 2.45) is 0 Å². The van der Waals surface area contributed by atoms with Crippen molar-refractivity contribution >= 4 is 20.0 Å². The predicted molar refractivity (Wildman–Crippen MR) is 184 cm³/mol. The van der Waals surface area contributed by atoms with Crippen molar-refractivity contribution in [3.05, 3.63) is 112 Å². The molecule has 230 valence electrons. The molecule has 0 N–H and O–H groups in total. The van der Waals surface area contributed by atoms with Gasteiger partial charge in [-0.25, -0.2) is 0 Å². The van der Waals surface area contributed by atoms with E-state index >= 15 is 0 Å². The number of benzene rings is 4. The molecule has 1 aliphatic heterocycles. The van der Waals surface area contributed by atoms with E-state index in [1.807, 2.05) is 54.2 Å². The molecule has 44 heavy (non-hydrogen) atoms. The predicted octanol–water partition coefficient (Wildman–Crippen LogP) is 9.97. The summed E-state index contributed by atoms with van der Waals surface area (Å²) in [6.45, 7) is 18.1. The first-order valence-corrected chi connectivity index (χ1v) is 16.4. The molecule has 6 heteroatoms. The highest BCUT2D eigenvalue weighted by Gasteiger charge is 2.40. The summed E-state index contributed by atoms with van der Waals surface area (Å²) in [5.41, 5.74) is 9.00. The van der Waals surface area contributed by atoms with Crippen LogP contribution in [0.3, 0.4) is 0 Å². The van der Waals surface area contributed by atoms with Gasteiger partial charge >= 0.3 is 8.45 Å². The van der Waals surface area contributed by atoms with Crippen molar-refractivity contribution < 1.29 is 14.1 Å². The molecule has 5 nitrogen and oxygen atoms in total. The van der Waals surface area contributed by atoms with Crippen LogP contribution < -0.4 is 13.9 Å². The van der Waals surface area contributed by atoms with Crippen molar-refractivity contribution in [1.29, 1.82) is 0 Å². The number of anilines is 1. The number of carbonyl (C=O) groups excluding carboxylic acids is 1. The molecule has 1 heterocycles. The van der Waals surface area contributed by atoms with Crippen LogP contribution in [0.1, 0.15) is 79.7 Å². The molecule has 0 saturated heterocycles. The number of nitrogens with zero attached hydrogens (tertiary/aromatic N) is 2. The van der Waals surface area contributed by atoms with Gasteiger partial charge in [-0.05, 0) is 76.8 Å². The lowest BCUT2D eigenvalue weighted by Gasteiger charge is -2.41. The number of hydrogen-bond acceptors (Lipinski definition) is 4. The maximum Gasteiger partial charge on any atom is 0.312 e. The molecular formula is C38H45N2O3P. The van der Waals surface area contributed by atoms with Crippen LogP contribution in [0.5, 0.6) is 11.5 Å². The second-order valence-corrected chi connectivity index (χ2v) is 15.5. The summed E-state index contributed by atoms with van der Waals surface area (Å²) in [5, 5.41) is 0. The molecule has 4 aromatic rings. The van der Waals surface area contributed by atoms with Gasteiger partial charge in [0.2, 0.25) is 0 Å². The van der Waals surface area contributed by atoms with E-state index in [1.165, 1.54) is 11.1 Å². The van der Waals surface area contributed by atoms with E-state index in [1.54, 1.807) is 7.11 Å². The van der Waals surface area contributed by atoms with Crippen LogP contribution in [-0.2, 0) is 17.4 Å². The monoisotopic (exact) mass is 608 g/mol. The van der Waals surface area contributed by atoms with Gasteiger partial charge in [-0.3, -0.25) is 9.46 Å². The van der Waals surface area contributed by atoms with Crippen molar-refractivity contribution in [3.8, 4) is 22.6 Å². The summed E-state index contributed by atoms with van der Waals surface area (Å²) in [5.74, 6) is 1.58. The topological polar surface area (TPSA) is 42.0 Å². The van der Waals surface area contributed by atoms with Crippen LogP contribution in [0, 0.1) is 13.8 Å². The molecule has 5 rings (SSSR count). The van der Waals surface area contributed by atoms with Gasteiger partial charge in [-0.15, -0.1) is 0 Å². The number of methoxy groups -OCH3 is 1. The highest BCUT2D eigenvalue weighted by atomic mass is 31.2. The highest BCUT2D eigenvalue weighted by molar-refractivity contribution is 7.53. The van der Waals surface area contributed by atoms with Gasteiger partial charge < -0.3 is 13.9 Å². The molecule has 0 radical (unpaired) electrons. The summed E-state index contributed by atoms with van der Waals surface area (Å²) >= 11 is 0. The summed E-state index contributed by atoms with van der Waals surface area (Å²) in [6.07, 6.45) is 0. The van der Waals surface area contributed by atoms with Crippen LogP contribution in [0.2, 0.25) is 0 Å². The number of rotatable bonds is 6. The summed E-state index contributed by atoms with van der Waals surface area (Å²) in [6, 6.07) is 26.9. The molecule has 0 aromatic heterocycles. The van der Waals surface area contributed by atoms with Crippen LogP contribution in [-0.4, -0.2) is 24.7 Å². The Morgan fingerprint density at radius 1 is 0.705 bits per heavy atom. The maximum atomic E-state index is 14.1. The second kappa shape index (κ2) is 11.9. The third kappa shape index (κ3) is 6.08. The first-order chi connectivity index (χ1) is 20.7. The number of amides is 1. The third-order valence-corrected chi connectivity index (χ3v) is 10.1. The van der Waals surface area contributed by atoms with Gasteiger partial charge in [0.25, 0.3) is 5.91 Å². The van der Waals surface area contributed by atoms with E-state index in [0.29, 0.717) is 12.1 Å². The van der Waals surface area contributed by atoms with Gasteiger partial charge in [0.15, 0.2) is 0 Å². The van der Waals surface area contributed by atoms with Crippen LogP contribution in [0.4, 0.5) is 5.69 Å². The fraction of sp³-hybridized carbons (Fsp3) is 0.342. The third-order valence-electron chi connectivity index (χ3n) is 8.30. The van der Waals surface area contributed by atoms with E-state index in [2.05, 4.69) is 96.5 Å². The number of ether oxygens (including phenoxy) is 1. The highest BCUT2D eigenvalue weighted by Crippen LogP contribution is 2.56. The standard InChI is InChI=1S/C38H45N2O3P/c1-25-20-28(37(3,4)5)22-31(34(25)42-10)32-23-29(38(6,7)8)21-26(2)35(32)43-44-39(9)33-19-15-14-18-30(33)36(41)40(44)24-27-16-12-11-13-17-27/h11-23H,24H2,1-10H3. The van der Waals surface area contributed by atoms with Crippen LogP contribution in [0.25, 0.3) is 11.1 Å². The van der Waals surface area contributed by atoms with E-state index in [-0.39, 0.29) is 16.7 Å². The van der Waals surface area contributed by atoms with E-state index < -0.39 is 8.45 Å². The SMILES string of the molecule is COc1c(C)cc(C(C)(C)C)cc1-c1cc(C(C)(C)C)cc(C)c1OP1N(Cc2ccccc2)C(=O)c2ccccc2N1C. The Balaban J connectivity index is 1.73. The molecule has 0 fully saturated rings. The average Bonchev–Trinajstić information content (AvgIpc) is 2.97. The van der Waals surface area contributed by atoms with Crippen molar-refractivity contribution in [2.45, 2.75) is 72.8 Å². The average molecular weight is 609 g/mol. The van der Waals surface area contributed by atoms with Gasteiger partial charge in [-0.1, -0.05) is 96.1 Å². The Morgan fingerprint density at radius 3 is 1.80 bits per heavy atom. The molecule has 0 spiro atoms. The van der Waals surface area contributed by atoms with Crippen molar-refractivity contribution in [3.63, 3.8) is 0 Å². The summed E-state index contributed by atoms with van der Waals surface area (Å²) in [7, 11) is 2.20. The minimum atomic E-state index is -1.56. The Kier molecular flexibility index (Phi) is 8.57. The largest absolute Gasteiger partial charge is 0.496 e. The number of carbonyl (C=O) groups is 1. The van der Waals surface area contributed by atoms with Crippen molar-refractivity contribution in [2.75, 3.05) is 18.8 Å². The minimum absolute atomic E-state index is 0.0256. The smallest absolute Gasteiger partial charge is 0.312 e. The van der Waals surface area contributed by atoms with E-state index in [4.69, 9.17) is 9.26 Å². The normalized spacial score (nSPS) is 15.3. The van der Waals surface area contributed by atoms with Crippen LogP contribution in [0.15, 0.2) is 78.9 Å². The first-order valence-electron chi connectivity index (χ1n) is 15.2. The molecular weight excluding hydrogens is 563 g/mol. The molecule has 1 amide bonds. The maximum absolute atomic E-state index is 14.1. The fourth-order valence-corrected chi connectivity index (χ4v) is 7.55. The molecule has 1 aliphatic rings. The lowest BCUT2D eigenvalue weighted by molar-refractivity contribution is 0.0847. The lowest BCUT2D eigenvalue weighted by atomic mass is 9.81. The number of aryl methyl sites for hydroxylation is 2. The molecule has 0 saturated carbocycles. The first kappa shape index (κ1) is 31.6. The Morgan fingerprint density at radius 2 is 1.23 bits per heavy atom. The quantitative estimate of drug-likeness (QED) is 0.204. The van der Waals surface area contributed by atoms with Gasteiger partial charge in [-0.2, -0.15) is 0 Å². The zero-order valence-electron chi connectivity index (χ0n) is 27.8. The van der Waals surface area contributed by atoms with Crippen LogP contribution >= 0.6 is 8.45 Å². The molecule has 4 aromatic carbocycles. The fourth-order valence-electron chi connectivity index (χ4n) is 5.69. The summed E-state index contributed by atoms with van der Waals surface area (Å²) in [4.78, 5) is 14.1. The minimum Gasteiger partial charge on any atom is -0.496 e. The molecule has 1 unspecified atom stereocenters. The Hall–Kier alpha value is -3.82. The molecule has 0 bridgehead atoms. The van der Waals surface area contributed by atoms with Gasteiger partial charge in [0.1, 0.15) is 11.5 Å². The number of para-hydroxylation sites is 1. The zero-order chi connectivity index (χ0) is 32.0. The Bertz CT molecular complexity index is 1690. The molecule has 1 atom stereocenters. The number of fused-ring (bicyclic) bond motifs is 1. The number of hydrogen-bond donors (Lipinski definition) is 0. The van der Waals surface area contributed by atoms with Gasteiger partial charge in [0, 0.05) is 18.2 Å². The lowest BCUT2D eigenvalue weighted by Crippen LogP contribution is -2.38. The van der Waals surface area contributed by atoms with Gasteiger partial charge in [0.05, 0.1) is 24.9 Å². The van der Waals surface area contributed by atoms with Crippen molar-refractivity contribution in [1.82, 2.24) is 4.67 Å². The molecule has 0 aliphatic carbocycles. The Labute approximate surface area is 264 Å². The second-order valence-electron chi connectivity index (χ2n) is 13.8. The zero-order valence-corrected chi connectivity index (χ0v) is 28.7. The van der Waals surface area contributed by atoms with E-state index in [9.17, 15) is 4.79 Å². The summed E-state index contributed by atoms with van der Waals surface area (Å²) < 4.78 is 17.3. The van der Waals surface area contributed by atoms with E-state index in [0.717, 1.165) is 45.0 Å².